The SMILES string of the molecule is C#CC1(c2cn(C)nc2C2CCOCC2)CC1. The van der Waals surface area contributed by atoms with Crippen LogP contribution in [0, 0.1) is 12.3 Å². The summed E-state index contributed by atoms with van der Waals surface area (Å²) in [5, 5.41) is 4.65. The van der Waals surface area contributed by atoms with Gasteiger partial charge in [0.2, 0.25) is 0 Å². The van der Waals surface area contributed by atoms with Crippen molar-refractivity contribution in [3.05, 3.63) is 17.5 Å². The van der Waals surface area contributed by atoms with Crippen LogP contribution >= 0.6 is 0 Å². The molecular weight excluding hydrogens is 212 g/mol. The first-order valence-corrected chi connectivity index (χ1v) is 6.35. The van der Waals surface area contributed by atoms with E-state index >= 15 is 0 Å². The van der Waals surface area contributed by atoms with Gasteiger partial charge in [-0.05, 0) is 25.7 Å². The van der Waals surface area contributed by atoms with Crippen molar-refractivity contribution in [3.8, 4) is 12.3 Å². The summed E-state index contributed by atoms with van der Waals surface area (Å²) in [4.78, 5) is 0. The van der Waals surface area contributed by atoms with Crippen LogP contribution in [0.15, 0.2) is 6.20 Å². The van der Waals surface area contributed by atoms with E-state index in [1.54, 1.807) is 0 Å². The molecule has 3 rings (SSSR count). The first-order valence-electron chi connectivity index (χ1n) is 6.35. The Kier molecular flexibility index (Phi) is 2.48. The molecule has 1 aromatic heterocycles. The van der Waals surface area contributed by atoms with Gasteiger partial charge in [-0.2, -0.15) is 5.10 Å². The van der Waals surface area contributed by atoms with Crippen molar-refractivity contribution < 1.29 is 4.74 Å². The molecule has 0 N–H and O–H groups in total. The molecule has 17 heavy (non-hydrogen) atoms. The molecule has 0 bridgehead atoms. The zero-order valence-electron chi connectivity index (χ0n) is 10.3. The highest BCUT2D eigenvalue weighted by Gasteiger charge is 2.46. The smallest absolute Gasteiger partial charge is 0.0704 e. The molecule has 0 spiro atoms. The van der Waals surface area contributed by atoms with Crippen LogP contribution in [0.2, 0.25) is 0 Å². The van der Waals surface area contributed by atoms with Crippen molar-refractivity contribution in [2.75, 3.05) is 13.2 Å². The summed E-state index contributed by atoms with van der Waals surface area (Å²) in [6.45, 7) is 1.70. The topological polar surface area (TPSA) is 27.1 Å². The standard InChI is InChI=1S/C14H18N2O/c1-3-14(6-7-14)12-10-16(2)15-13(12)11-4-8-17-9-5-11/h1,10-11H,4-9H2,2H3. The van der Waals surface area contributed by atoms with Crippen molar-refractivity contribution in [2.45, 2.75) is 37.0 Å². The minimum Gasteiger partial charge on any atom is -0.381 e. The normalized spacial score (nSPS) is 23.3. The Balaban J connectivity index is 1.96. The number of nitrogens with zero attached hydrogens (tertiary/aromatic N) is 2. The van der Waals surface area contributed by atoms with E-state index in [9.17, 15) is 0 Å². The Morgan fingerprint density at radius 1 is 1.47 bits per heavy atom. The molecule has 2 heterocycles. The van der Waals surface area contributed by atoms with E-state index in [0.29, 0.717) is 5.92 Å². The second-order valence-corrected chi connectivity index (χ2v) is 5.21. The fourth-order valence-corrected chi connectivity index (χ4v) is 2.76. The number of hydrogen-bond donors (Lipinski definition) is 0. The van der Waals surface area contributed by atoms with Crippen molar-refractivity contribution in [1.29, 1.82) is 0 Å². The molecule has 90 valence electrons. The zero-order chi connectivity index (χ0) is 11.9. The lowest BCUT2D eigenvalue weighted by Crippen LogP contribution is -2.17. The highest BCUT2D eigenvalue weighted by molar-refractivity contribution is 5.43. The van der Waals surface area contributed by atoms with Crippen molar-refractivity contribution >= 4 is 0 Å². The summed E-state index contributed by atoms with van der Waals surface area (Å²) < 4.78 is 7.33. The maximum absolute atomic E-state index is 5.70. The van der Waals surface area contributed by atoms with Gasteiger partial charge < -0.3 is 4.74 Å². The molecular formula is C14H18N2O. The van der Waals surface area contributed by atoms with Gasteiger partial charge in [-0.25, -0.2) is 0 Å². The van der Waals surface area contributed by atoms with Crippen molar-refractivity contribution in [2.24, 2.45) is 7.05 Å². The molecule has 1 saturated carbocycles. The first-order chi connectivity index (χ1) is 8.25. The zero-order valence-corrected chi connectivity index (χ0v) is 10.3. The Morgan fingerprint density at radius 2 is 2.18 bits per heavy atom. The maximum Gasteiger partial charge on any atom is 0.0704 e. The monoisotopic (exact) mass is 230 g/mol. The molecule has 0 amide bonds. The van der Waals surface area contributed by atoms with Crippen molar-refractivity contribution in [1.82, 2.24) is 9.78 Å². The molecule has 1 aliphatic heterocycles. The number of aromatic nitrogens is 2. The molecule has 0 radical (unpaired) electrons. The van der Waals surface area contributed by atoms with E-state index in [4.69, 9.17) is 11.2 Å². The van der Waals surface area contributed by atoms with Gasteiger partial charge in [0.05, 0.1) is 11.1 Å². The number of rotatable bonds is 2. The molecule has 3 nitrogen and oxygen atoms in total. The van der Waals surface area contributed by atoms with Gasteiger partial charge in [0.15, 0.2) is 0 Å². The lowest BCUT2D eigenvalue weighted by Gasteiger charge is -2.22. The molecule has 1 saturated heterocycles. The quantitative estimate of drug-likeness (QED) is 0.726. The number of ether oxygens (including phenoxy) is 1. The lowest BCUT2D eigenvalue weighted by atomic mass is 9.88. The van der Waals surface area contributed by atoms with Crippen LogP contribution in [-0.4, -0.2) is 23.0 Å². The summed E-state index contributed by atoms with van der Waals surface area (Å²) in [7, 11) is 1.99. The number of hydrogen-bond acceptors (Lipinski definition) is 2. The fourth-order valence-electron chi connectivity index (χ4n) is 2.76. The average Bonchev–Trinajstić information content (AvgIpc) is 3.07. The summed E-state index contributed by atoms with van der Waals surface area (Å²) in [5.74, 6) is 3.51. The van der Waals surface area contributed by atoms with Crippen LogP contribution in [0.25, 0.3) is 0 Å². The Hall–Kier alpha value is -1.27. The van der Waals surface area contributed by atoms with Gasteiger partial charge in [-0.1, -0.05) is 5.92 Å². The van der Waals surface area contributed by atoms with E-state index in [-0.39, 0.29) is 5.41 Å². The third-order valence-electron chi connectivity index (χ3n) is 4.01. The molecule has 0 atom stereocenters. The predicted octanol–water partition coefficient (Wildman–Crippen LogP) is 1.98. The largest absolute Gasteiger partial charge is 0.381 e. The third-order valence-corrected chi connectivity index (χ3v) is 4.01. The fraction of sp³-hybridized carbons (Fsp3) is 0.643. The van der Waals surface area contributed by atoms with E-state index in [0.717, 1.165) is 38.9 Å². The highest BCUT2D eigenvalue weighted by Crippen LogP contribution is 2.50. The van der Waals surface area contributed by atoms with Gasteiger partial charge in [0, 0.05) is 37.9 Å². The molecule has 1 aliphatic carbocycles. The van der Waals surface area contributed by atoms with Gasteiger partial charge in [0.25, 0.3) is 0 Å². The van der Waals surface area contributed by atoms with Crippen molar-refractivity contribution in [3.63, 3.8) is 0 Å². The van der Waals surface area contributed by atoms with E-state index in [1.807, 2.05) is 11.7 Å². The van der Waals surface area contributed by atoms with Crippen LogP contribution in [0.1, 0.15) is 42.9 Å². The lowest BCUT2D eigenvalue weighted by molar-refractivity contribution is 0.0841. The molecule has 1 aromatic rings. The maximum atomic E-state index is 5.70. The second kappa shape index (κ2) is 3.89. The molecule has 0 unspecified atom stereocenters. The first kappa shape index (κ1) is 10.9. The summed E-state index contributed by atoms with van der Waals surface area (Å²) in [5.41, 5.74) is 2.53. The predicted molar refractivity (Wildman–Crippen MR) is 65.7 cm³/mol. The van der Waals surface area contributed by atoms with Crippen LogP contribution in [-0.2, 0) is 17.2 Å². The summed E-state index contributed by atoms with van der Waals surface area (Å²) >= 11 is 0. The molecule has 2 aliphatic rings. The third kappa shape index (κ3) is 1.77. The number of aryl methyl sites for hydroxylation is 1. The number of terminal acetylenes is 1. The summed E-state index contributed by atoms with van der Waals surface area (Å²) in [6.07, 6.45) is 12.2. The van der Waals surface area contributed by atoms with Crippen LogP contribution in [0.4, 0.5) is 0 Å². The molecule has 3 heteroatoms. The average molecular weight is 230 g/mol. The molecule has 0 aromatic carbocycles. The van der Waals surface area contributed by atoms with E-state index < -0.39 is 0 Å². The minimum atomic E-state index is 0.00188. The van der Waals surface area contributed by atoms with E-state index in [1.165, 1.54) is 11.3 Å². The van der Waals surface area contributed by atoms with Crippen LogP contribution < -0.4 is 0 Å². The highest BCUT2D eigenvalue weighted by atomic mass is 16.5. The van der Waals surface area contributed by atoms with Gasteiger partial charge in [-0.3, -0.25) is 4.68 Å². The van der Waals surface area contributed by atoms with Gasteiger partial charge in [0.1, 0.15) is 0 Å². The molecule has 2 fully saturated rings. The Morgan fingerprint density at radius 3 is 2.76 bits per heavy atom. The van der Waals surface area contributed by atoms with Crippen LogP contribution in [0.5, 0.6) is 0 Å². The Labute approximate surface area is 102 Å². The van der Waals surface area contributed by atoms with E-state index in [2.05, 4.69) is 17.2 Å². The Bertz CT molecular complexity index is 459. The minimum absolute atomic E-state index is 0.00188. The van der Waals surface area contributed by atoms with Crippen LogP contribution in [0.3, 0.4) is 0 Å². The summed E-state index contributed by atoms with van der Waals surface area (Å²) in [6, 6.07) is 0. The second-order valence-electron chi connectivity index (χ2n) is 5.21. The van der Waals surface area contributed by atoms with Gasteiger partial charge in [-0.15, -0.1) is 6.42 Å². The van der Waals surface area contributed by atoms with Gasteiger partial charge >= 0.3 is 0 Å².